The summed E-state index contributed by atoms with van der Waals surface area (Å²) in [5, 5.41) is 5.98. The maximum Gasteiger partial charge on any atom is 0.301 e. The molecule has 3 rings (SSSR count). The van der Waals surface area contributed by atoms with Crippen molar-refractivity contribution in [2.24, 2.45) is 5.92 Å². The van der Waals surface area contributed by atoms with Crippen LogP contribution in [0.5, 0.6) is 0 Å². The van der Waals surface area contributed by atoms with Gasteiger partial charge in [-0.05, 0) is 32.7 Å². The van der Waals surface area contributed by atoms with Crippen molar-refractivity contribution >= 4 is 11.9 Å². The number of nitrogens with zero attached hydrogens (tertiary/aromatic N) is 1. The van der Waals surface area contributed by atoms with E-state index in [1.54, 1.807) is 6.20 Å². The fourth-order valence-electron chi connectivity index (χ4n) is 3.20. The average molecular weight is 277 g/mol. The van der Waals surface area contributed by atoms with Gasteiger partial charge in [0.15, 0.2) is 0 Å². The smallest absolute Gasteiger partial charge is 0.301 e. The number of anilines is 1. The second-order valence-corrected chi connectivity index (χ2v) is 6.05. The Kier molecular flexibility index (Phi) is 4.05. The van der Waals surface area contributed by atoms with Crippen LogP contribution in [-0.4, -0.2) is 24.0 Å². The van der Waals surface area contributed by atoms with Crippen LogP contribution in [0.1, 0.15) is 56.6 Å². The Bertz CT molecular complexity index is 459. The van der Waals surface area contributed by atoms with Gasteiger partial charge in [-0.2, -0.15) is 0 Å². The van der Waals surface area contributed by atoms with Gasteiger partial charge in [-0.3, -0.25) is 10.1 Å². The molecule has 20 heavy (non-hydrogen) atoms. The summed E-state index contributed by atoms with van der Waals surface area (Å²) in [6, 6.07) is 0.844. The summed E-state index contributed by atoms with van der Waals surface area (Å²) in [7, 11) is 1.93. The fraction of sp³-hybridized carbons (Fsp3) is 0.733. The van der Waals surface area contributed by atoms with Crippen molar-refractivity contribution in [1.82, 2.24) is 10.3 Å². The lowest BCUT2D eigenvalue weighted by molar-refractivity contribution is -0.123. The van der Waals surface area contributed by atoms with Gasteiger partial charge in [0.1, 0.15) is 5.76 Å². The van der Waals surface area contributed by atoms with Gasteiger partial charge in [0.05, 0.1) is 6.20 Å². The van der Waals surface area contributed by atoms with Crippen molar-refractivity contribution in [3.63, 3.8) is 0 Å². The van der Waals surface area contributed by atoms with Gasteiger partial charge in [0, 0.05) is 17.9 Å². The van der Waals surface area contributed by atoms with E-state index in [9.17, 15) is 4.79 Å². The standard InChI is InChI=1S/C15H23N3O2/c1-16-12-7-11(8-12)14(19)18-15-17-9-13(20-15)10-5-3-2-4-6-10/h9-12,16H,2-8H2,1H3,(H,17,18,19). The van der Waals surface area contributed by atoms with Crippen LogP contribution >= 0.6 is 0 Å². The molecule has 0 saturated heterocycles. The van der Waals surface area contributed by atoms with Crippen LogP contribution in [0.2, 0.25) is 0 Å². The average Bonchev–Trinajstić information content (AvgIpc) is 2.87. The molecule has 2 saturated carbocycles. The molecule has 0 aromatic carbocycles. The molecule has 0 aliphatic heterocycles. The second-order valence-electron chi connectivity index (χ2n) is 6.05. The van der Waals surface area contributed by atoms with Gasteiger partial charge in [-0.25, -0.2) is 4.98 Å². The van der Waals surface area contributed by atoms with Gasteiger partial charge in [-0.15, -0.1) is 0 Å². The summed E-state index contributed by atoms with van der Waals surface area (Å²) in [5.74, 6) is 1.55. The number of amides is 1. The first kappa shape index (κ1) is 13.6. The summed E-state index contributed by atoms with van der Waals surface area (Å²) < 4.78 is 5.71. The molecule has 1 aromatic rings. The normalized spacial score (nSPS) is 27.1. The lowest BCUT2D eigenvalue weighted by atomic mass is 9.80. The second kappa shape index (κ2) is 5.95. The predicted octanol–water partition coefficient (Wildman–Crippen LogP) is 2.66. The van der Waals surface area contributed by atoms with Crippen LogP contribution in [0.4, 0.5) is 6.01 Å². The third kappa shape index (κ3) is 2.87. The molecule has 5 nitrogen and oxygen atoms in total. The SMILES string of the molecule is CNC1CC(C(=O)Nc2ncc(C3CCCCC3)o2)C1. The van der Waals surface area contributed by atoms with Gasteiger partial charge < -0.3 is 9.73 Å². The number of aromatic nitrogens is 1. The Morgan fingerprint density at radius 2 is 2.05 bits per heavy atom. The van der Waals surface area contributed by atoms with E-state index in [1.807, 2.05) is 7.05 Å². The Labute approximate surface area is 119 Å². The van der Waals surface area contributed by atoms with Gasteiger partial charge in [0.2, 0.25) is 5.91 Å². The first-order valence-corrected chi connectivity index (χ1v) is 7.70. The highest BCUT2D eigenvalue weighted by molar-refractivity contribution is 5.91. The molecular weight excluding hydrogens is 254 g/mol. The molecule has 1 aromatic heterocycles. The van der Waals surface area contributed by atoms with Gasteiger partial charge in [-0.1, -0.05) is 19.3 Å². The molecule has 5 heteroatoms. The van der Waals surface area contributed by atoms with E-state index < -0.39 is 0 Å². The van der Waals surface area contributed by atoms with Crippen LogP contribution < -0.4 is 10.6 Å². The minimum absolute atomic E-state index is 0.0357. The number of oxazole rings is 1. The zero-order valence-corrected chi connectivity index (χ0v) is 12.0. The highest BCUT2D eigenvalue weighted by Crippen LogP contribution is 2.34. The Hall–Kier alpha value is -1.36. The monoisotopic (exact) mass is 277 g/mol. The summed E-state index contributed by atoms with van der Waals surface area (Å²) in [6.45, 7) is 0. The van der Waals surface area contributed by atoms with Crippen molar-refractivity contribution in [1.29, 1.82) is 0 Å². The van der Waals surface area contributed by atoms with Gasteiger partial charge >= 0.3 is 6.01 Å². The van der Waals surface area contributed by atoms with E-state index in [-0.39, 0.29) is 11.8 Å². The minimum atomic E-state index is 0.0357. The Morgan fingerprint density at radius 3 is 2.75 bits per heavy atom. The maximum atomic E-state index is 12.0. The first-order valence-electron chi connectivity index (χ1n) is 7.70. The summed E-state index contributed by atoms with van der Waals surface area (Å²) >= 11 is 0. The van der Waals surface area contributed by atoms with Gasteiger partial charge in [0.25, 0.3) is 0 Å². The number of hydrogen-bond acceptors (Lipinski definition) is 4. The number of carbonyl (C=O) groups excluding carboxylic acids is 1. The molecule has 2 aliphatic carbocycles. The molecule has 110 valence electrons. The highest BCUT2D eigenvalue weighted by atomic mass is 16.4. The van der Waals surface area contributed by atoms with E-state index in [0.717, 1.165) is 18.6 Å². The van der Waals surface area contributed by atoms with Crippen LogP contribution in [0.15, 0.2) is 10.6 Å². The Balaban J connectivity index is 1.53. The molecule has 0 unspecified atom stereocenters. The minimum Gasteiger partial charge on any atom is -0.428 e. The molecule has 0 radical (unpaired) electrons. The number of nitrogens with one attached hydrogen (secondary N) is 2. The van der Waals surface area contributed by atoms with E-state index in [1.165, 1.54) is 32.1 Å². The predicted molar refractivity (Wildman–Crippen MR) is 76.5 cm³/mol. The molecule has 0 bridgehead atoms. The third-order valence-electron chi connectivity index (χ3n) is 4.68. The summed E-state index contributed by atoms with van der Waals surface area (Å²) in [4.78, 5) is 16.2. The molecule has 1 amide bonds. The number of rotatable bonds is 4. The highest BCUT2D eigenvalue weighted by Gasteiger charge is 2.34. The topological polar surface area (TPSA) is 67.2 Å². The van der Waals surface area contributed by atoms with Crippen LogP contribution in [0, 0.1) is 5.92 Å². The summed E-state index contributed by atoms with van der Waals surface area (Å²) in [5.41, 5.74) is 0. The number of carbonyl (C=O) groups is 1. The van der Waals surface area contributed by atoms with Crippen molar-refractivity contribution in [3.8, 4) is 0 Å². The lowest BCUT2D eigenvalue weighted by Crippen LogP contribution is -2.44. The van der Waals surface area contributed by atoms with Crippen molar-refractivity contribution in [3.05, 3.63) is 12.0 Å². The molecular formula is C15H23N3O2. The van der Waals surface area contributed by atoms with E-state index >= 15 is 0 Å². The van der Waals surface area contributed by atoms with E-state index in [2.05, 4.69) is 15.6 Å². The van der Waals surface area contributed by atoms with Crippen molar-refractivity contribution in [2.75, 3.05) is 12.4 Å². The Morgan fingerprint density at radius 1 is 1.30 bits per heavy atom. The summed E-state index contributed by atoms with van der Waals surface area (Å²) in [6.07, 6.45) is 9.79. The van der Waals surface area contributed by atoms with Crippen LogP contribution in [0.25, 0.3) is 0 Å². The van der Waals surface area contributed by atoms with Crippen LogP contribution in [-0.2, 0) is 4.79 Å². The zero-order chi connectivity index (χ0) is 13.9. The maximum absolute atomic E-state index is 12.0. The molecule has 0 spiro atoms. The number of hydrogen-bond donors (Lipinski definition) is 2. The lowest BCUT2D eigenvalue weighted by Gasteiger charge is -2.33. The largest absolute Gasteiger partial charge is 0.428 e. The molecule has 1 heterocycles. The van der Waals surface area contributed by atoms with Crippen LogP contribution in [0.3, 0.4) is 0 Å². The zero-order valence-electron chi connectivity index (χ0n) is 12.0. The van der Waals surface area contributed by atoms with E-state index in [4.69, 9.17) is 4.42 Å². The third-order valence-corrected chi connectivity index (χ3v) is 4.68. The molecule has 2 N–H and O–H groups in total. The molecule has 2 aliphatic rings. The fourth-order valence-corrected chi connectivity index (χ4v) is 3.20. The quantitative estimate of drug-likeness (QED) is 0.888. The molecule has 0 atom stereocenters. The van der Waals surface area contributed by atoms with Crippen molar-refractivity contribution in [2.45, 2.75) is 56.9 Å². The molecule has 2 fully saturated rings. The van der Waals surface area contributed by atoms with Crippen molar-refractivity contribution < 1.29 is 9.21 Å². The first-order chi connectivity index (χ1) is 9.76. The van der Waals surface area contributed by atoms with E-state index in [0.29, 0.717) is 18.0 Å².